The van der Waals surface area contributed by atoms with E-state index in [9.17, 15) is 4.79 Å². The Morgan fingerprint density at radius 1 is 1.44 bits per heavy atom. The molecule has 0 N–H and O–H groups in total. The van der Waals surface area contributed by atoms with E-state index >= 15 is 0 Å². The highest BCUT2D eigenvalue weighted by molar-refractivity contribution is 6.30. The van der Waals surface area contributed by atoms with Gasteiger partial charge < -0.3 is 4.90 Å². The van der Waals surface area contributed by atoms with Crippen LogP contribution in [0.15, 0.2) is 18.3 Å². The minimum atomic E-state index is -0.591. The molecule has 1 aromatic heterocycles. The Balaban J connectivity index is 2.08. The van der Waals surface area contributed by atoms with Gasteiger partial charge in [0.1, 0.15) is 5.38 Å². The number of hydrogen-bond donors (Lipinski definition) is 0. The molecule has 1 aliphatic heterocycles. The largest absolute Gasteiger partial charge is 0.341 e. The van der Waals surface area contributed by atoms with Crippen molar-refractivity contribution in [2.75, 3.05) is 13.1 Å². The number of alkyl halides is 1. The molecule has 1 amide bonds. The summed E-state index contributed by atoms with van der Waals surface area (Å²) in [5.74, 6) is 0.00446. The lowest BCUT2D eigenvalue weighted by atomic mass is 10.2. The van der Waals surface area contributed by atoms with E-state index in [-0.39, 0.29) is 5.91 Å². The number of nitrogens with zero attached hydrogens (tertiary/aromatic N) is 2. The van der Waals surface area contributed by atoms with Crippen molar-refractivity contribution < 1.29 is 4.79 Å². The van der Waals surface area contributed by atoms with Gasteiger partial charge >= 0.3 is 0 Å². The van der Waals surface area contributed by atoms with Crippen molar-refractivity contribution in [2.24, 2.45) is 0 Å². The molecular weight excluding hydrogens is 224 g/mol. The van der Waals surface area contributed by atoms with Crippen molar-refractivity contribution >= 4 is 17.5 Å². The fourth-order valence-corrected chi connectivity index (χ4v) is 2.14. The third-order valence-electron chi connectivity index (χ3n) is 2.86. The highest BCUT2D eigenvalue weighted by Gasteiger charge is 2.25. The molecule has 0 saturated carbocycles. The number of hydrogen-bond acceptors (Lipinski definition) is 2. The topological polar surface area (TPSA) is 33.2 Å². The van der Waals surface area contributed by atoms with Crippen LogP contribution in [0, 0.1) is 6.92 Å². The third-order valence-corrected chi connectivity index (χ3v) is 3.30. The number of pyridine rings is 1. The smallest absolute Gasteiger partial charge is 0.245 e. The zero-order chi connectivity index (χ0) is 11.5. The van der Waals surface area contributed by atoms with Gasteiger partial charge in [-0.1, -0.05) is 6.07 Å². The number of aromatic nitrogens is 1. The summed E-state index contributed by atoms with van der Waals surface area (Å²) >= 11 is 6.16. The molecule has 2 rings (SSSR count). The number of carbonyl (C=O) groups is 1. The summed E-state index contributed by atoms with van der Waals surface area (Å²) < 4.78 is 0. The van der Waals surface area contributed by atoms with Crippen LogP contribution in [-0.4, -0.2) is 28.9 Å². The van der Waals surface area contributed by atoms with Crippen molar-refractivity contribution in [1.29, 1.82) is 0 Å². The quantitative estimate of drug-likeness (QED) is 0.741. The molecule has 2 heterocycles. The van der Waals surface area contributed by atoms with Crippen LogP contribution in [0.3, 0.4) is 0 Å². The summed E-state index contributed by atoms with van der Waals surface area (Å²) in [6.45, 7) is 3.58. The van der Waals surface area contributed by atoms with Crippen molar-refractivity contribution in [3.05, 3.63) is 29.6 Å². The number of amides is 1. The van der Waals surface area contributed by atoms with Crippen LogP contribution in [-0.2, 0) is 4.79 Å². The highest BCUT2D eigenvalue weighted by Crippen LogP contribution is 2.24. The van der Waals surface area contributed by atoms with E-state index in [0.29, 0.717) is 0 Å². The molecule has 0 aliphatic carbocycles. The van der Waals surface area contributed by atoms with E-state index in [2.05, 4.69) is 4.98 Å². The SMILES string of the molecule is Cc1ccc(C(Cl)C(=O)N2CCCC2)cn1. The zero-order valence-electron chi connectivity index (χ0n) is 9.32. The minimum absolute atomic E-state index is 0.00446. The van der Waals surface area contributed by atoms with E-state index in [0.717, 1.165) is 37.2 Å². The third kappa shape index (κ3) is 2.35. The molecule has 1 saturated heterocycles. The Morgan fingerprint density at radius 3 is 2.69 bits per heavy atom. The first kappa shape index (κ1) is 11.4. The molecule has 4 heteroatoms. The summed E-state index contributed by atoms with van der Waals surface area (Å²) in [4.78, 5) is 18.0. The second-order valence-corrected chi connectivity index (χ2v) is 4.56. The number of rotatable bonds is 2. The maximum absolute atomic E-state index is 12.0. The molecule has 1 unspecified atom stereocenters. The average Bonchev–Trinajstić information content (AvgIpc) is 2.81. The van der Waals surface area contributed by atoms with Gasteiger partial charge in [0.25, 0.3) is 0 Å². The van der Waals surface area contributed by atoms with Gasteiger partial charge in [-0.25, -0.2) is 0 Å². The molecule has 0 radical (unpaired) electrons. The zero-order valence-corrected chi connectivity index (χ0v) is 10.1. The molecule has 1 aliphatic rings. The van der Waals surface area contributed by atoms with Crippen molar-refractivity contribution in [1.82, 2.24) is 9.88 Å². The second-order valence-electron chi connectivity index (χ2n) is 4.13. The molecule has 16 heavy (non-hydrogen) atoms. The van der Waals surface area contributed by atoms with Crippen LogP contribution < -0.4 is 0 Å². The first-order valence-corrected chi connectivity index (χ1v) is 5.97. The maximum atomic E-state index is 12.0. The molecule has 0 bridgehead atoms. The lowest BCUT2D eigenvalue weighted by Crippen LogP contribution is -2.30. The van der Waals surface area contributed by atoms with E-state index < -0.39 is 5.38 Å². The summed E-state index contributed by atoms with van der Waals surface area (Å²) in [7, 11) is 0. The van der Waals surface area contributed by atoms with Gasteiger partial charge in [-0.2, -0.15) is 0 Å². The molecule has 3 nitrogen and oxygen atoms in total. The first-order chi connectivity index (χ1) is 7.68. The molecule has 1 fully saturated rings. The fraction of sp³-hybridized carbons (Fsp3) is 0.500. The normalized spacial score (nSPS) is 17.5. The van der Waals surface area contributed by atoms with Gasteiger partial charge in [-0.15, -0.1) is 11.6 Å². The highest BCUT2D eigenvalue weighted by atomic mass is 35.5. The number of aryl methyl sites for hydroxylation is 1. The summed E-state index contributed by atoms with van der Waals surface area (Å²) in [5.41, 5.74) is 1.71. The van der Waals surface area contributed by atoms with E-state index in [1.54, 1.807) is 6.20 Å². The van der Waals surface area contributed by atoms with Crippen molar-refractivity contribution in [3.63, 3.8) is 0 Å². The predicted octanol–water partition coefficient (Wildman–Crippen LogP) is 2.29. The Hall–Kier alpha value is -1.09. The van der Waals surface area contributed by atoms with Gasteiger partial charge in [0.15, 0.2) is 0 Å². The predicted molar refractivity (Wildman–Crippen MR) is 63.4 cm³/mol. The van der Waals surface area contributed by atoms with Crippen LogP contribution in [0.25, 0.3) is 0 Å². The summed E-state index contributed by atoms with van der Waals surface area (Å²) in [6, 6.07) is 3.75. The second kappa shape index (κ2) is 4.83. The lowest BCUT2D eigenvalue weighted by Gasteiger charge is -2.18. The van der Waals surface area contributed by atoms with Crippen LogP contribution in [0.1, 0.15) is 29.5 Å². The van der Waals surface area contributed by atoms with Crippen LogP contribution in [0.5, 0.6) is 0 Å². The van der Waals surface area contributed by atoms with E-state index in [1.807, 2.05) is 24.0 Å². The van der Waals surface area contributed by atoms with Gasteiger partial charge in [-0.3, -0.25) is 9.78 Å². The number of likely N-dealkylation sites (tertiary alicyclic amines) is 1. The fourth-order valence-electron chi connectivity index (χ4n) is 1.87. The molecule has 1 aromatic rings. The van der Waals surface area contributed by atoms with Crippen LogP contribution in [0.4, 0.5) is 0 Å². The summed E-state index contributed by atoms with van der Waals surface area (Å²) in [5, 5.41) is -0.591. The molecule has 86 valence electrons. The number of carbonyl (C=O) groups excluding carboxylic acids is 1. The minimum Gasteiger partial charge on any atom is -0.341 e. The molecule has 1 atom stereocenters. The standard InChI is InChI=1S/C12H15ClN2O/c1-9-4-5-10(8-14-9)11(13)12(16)15-6-2-3-7-15/h4-5,8,11H,2-3,6-7H2,1H3. The maximum Gasteiger partial charge on any atom is 0.245 e. The Kier molecular flexibility index (Phi) is 3.44. The Bertz CT molecular complexity index is 371. The molecular formula is C12H15ClN2O. The van der Waals surface area contributed by atoms with E-state index in [4.69, 9.17) is 11.6 Å². The molecule has 0 aromatic carbocycles. The van der Waals surface area contributed by atoms with Gasteiger partial charge in [0, 0.05) is 25.0 Å². The Morgan fingerprint density at radius 2 is 2.12 bits per heavy atom. The van der Waals surface area contributed by atoms with Crippen LogP contribution >= 0.6 is 11.6 Å². The monoisotopic (exact) mass is 238 g/mol. The van der Waals surface area contributed by atoms with Gasteiger partial charge in [0.2, 0.25) is 5.91 Å². The molecule has 0 spiro atoms. The average molecular weight is 239 g/mol. The lowest BCUT2D eigenvalue weighted by molar-refractivity contribution is -0.129. The van der Waals surface area contributed by atoms with Crippen LogP contribution in [0.2, 0.25) is 0 Å². The van der Waals surface area contributed by atoms with E-state index in [1.165, 1.54) is 0 Å². The van der Waals surface area contributed by atoms with Crippen molar-refractivity contribution in [2.45, 2.75) is 25.1 Å². The van der Waals surface area contributed by atoms with Crippen molar-refractivity contribution in [3.8, 4) is 0 Å². The van der Waals surface area contributed by atoms with Gasteiger partial charge in [0.05, 0.1) is 0 Å². The Labute approximate surface area is 100 Å². The first-order valence-electron chi connectivity index (χ1n) is 5.54. The van der Waals surface area contributed by atoms with Gasteiger partial charge in [-0.05, 0) is 31.4 Å². The summed E-state index contributed by atoms with van der Waals surface area (Å²) in [6.07, 6.45) is 3.85. The number of halogens is 1.